The average molecular weight is 231 g/mol. The second-order valence-electron chi connectivity index (χ2n) is 3.36. The quantitative estimate of drug-likeness (QED) is 0.767. The minimum Gasteiger partial charge on any atom is -0.369 e. The van der Waals surface area contributed by atoms with Crippen LogP contribution in [-0.2, 0) is 10.3 Å². The van der Waals surface area contributed by atoms with Crippen LogP contribution in [0.15, 0.2) is 12.1 Å². The van der Waals surface area contributed by atoms with Gasteiger partial charge in [-0.2, -0.15) is 8.42 Å². The highest BCUT2D eigenvalue weighted by Crippen LogP contribution is 2.25. The molecule has 0 atom stereocenters. The molecule has 0 unspecified atom stereocenters. The summed E-state index contributed by atoms with van der Waals surface area (Å²) in [5.74, 6) is 0.238. The zero-order chi connectivity index (χ0) is 11.6. The molecule has 0 aliphatic carbocycles. The van der Waals surface area contributed by atoms with Gasteiger partial charge < -0.3 is 4.18 Å². The predicted octanol–water partition coefficient (Wildman–Crippen LogP) is 1.21. The van der Waals surface area contributed by atoms with Crippen molar-refractivity contribution < 1.29 is 17.8 Å². The molecule has 0 amide bonds. The average Bonchev–Trinajstić information content (AvgIpc) is 2.11. The Morgan fingerprint density at radius 1 is 1.20 bits per heavy atom. The van der Waals surface area contributed by atoms with E-state index < -0.39 is 10.3 Å². The van der Waals surface area contributed by atoms with Crippen LogP contribution in [0.4, 0.5) is 0 Å². The first-order valence-corrected chi connectivity index (χ1v) is 5.69. The van der Waals surface area contributed by atoms with Crippen molar-refractivity contribution in [3.8, 4) is 5.75 Å². The maximum absolute atomic E-state index is 11.0. The summed E-state index contributed by atoms with van der Waals surface area (Å²) >= 11 is 0. The Balaban J connectivity index is 3.17. The monoisotopic (exact) mass is 231 g/mol. The van der Waals surface area contributed by atoms with Crippen LogP contribution in [0.2, 0.25) is 0 Å². The smallest absolute Gasteiger partial charge is 0.369 e. The molecule has 0 spiro atoms. The van der Waals surface area contributed by atoms with Crippen molar-refractivity contribution in [2.45, 2.75) is 20.8 Å². The Labute approximate surface area is 88.9 Å². The molecule has 0 fully saturated rings. The third-order valence-electron chi connectivity index (χ3n) is 1.91. The fourth-order valence-corrected chi connectivity index (χ4v) is 1.95. The Morgan fingerprint density at radius 2 is 1.67 bits per heavy atom. The van der Waals surface area contributed by atoms with E-state index in [1.807, 2.05) is 6.92 Å². The number of rotatable bonds is 3. The SMILES string of the molecule is Cc1cc(C)c(OS(=O)(=O)NO)c(C)c1. The van der Waals surface area contributed by atoms with Gasteiger partial charge in [-0.3, -0.25) is 5.21 Å². The number of benzene rings is 1. The van der Waals surface area contributed by atoms with Crippen molar-refractivity contribution in [3.63, 3.8) is 0 Å². The van der Waals surface area contributed by atoms with Gasteiger partial charge in [-0.1, -0.05) is 22.6 Å². The topological polar surface area (TPSA) is 75.6 Å². The van der Waals surface area contributed by atoms with Crippen LogP contribution in [0.5, 0.6) is 5.75 Å². The summed E-state index contributed by atoms with van der Waals surface area (Å²) in [6.45, 7) is 5.38. The zero-order valence-corrected chi connectivity index (χ0v) is 9.55. The third-order valence-corrected chi connectivity index (χ3v) is 2.52. The van der Waals surface area contributed by atoms with E-state index >= 15 is 0 Å². The molecule has 0 saturated heterocycles. The Bertz CT molecular complexity index is 444. The number of aryl methyl sites for hydroxylation is 3. The molecule has 0 aliphatic rings. The van der Waals surface area contributed by atoms with E-state index in [1.54, 1.807) is 26.0 Å². The molecular weight excluding hydrogens is 218 g/mol. The van der Waals surface area contributed by atoms with Crippen LogP contribution < -0.4 is 9.07 Å². The van der Waals surface area contributed by atoms with Gasteiger partial charge in [0.15, 0.2) is 0 Å². The van der Waals surface area contributed by atoms with Crippen molar-refractivity contribution >= 4 is 10.3 Å². The van der Waals surface area contributed by atoms with Crippen LogP contribution in [0.25, 0.3) is 0 Å². The van der Waals surface area contributed by atoms with Gasteiger partial charge in [0.1, 0.15) is 5.75 Å². The number of nitrogens with one attached hydrogen (secondary N) is 1. The Hall–Kier alpha value is -1.11. The molecule has 5 nitrogen and oxygen atoms in total. The Morgan fingerprint density at radius 3 is 2.07 bits per heavy atom. The van der Waals surface area contributed by atoms with E-state index in [9.17, 15) is 8.42 Å². The van der Waals surface area contributed by atoms with E-state index in [0.29, 0.717) is 11.1 Å². The fraction of sp³-hybridized carbons (Fsp3) is 0.333. The molecular formula is C9H13NO4S. The molecule has 84 valence electrons. The molecule has 0 bridgehead atoms. The van der Waals surface area contributed by atoms with Gasteiger partial charge in [0.2, 0.25) is 0 Å². The lowest BCUT2D eigenvalue weighted by atomic mass is 10.1. The normalized spacial score (nSPS) is 11.5. The van der Waals surface area contributed by atoms with Crippen LogP contribution in [-0.4, -0.2) is 13.6 Å². The summed E-state index contributed by atoms with van der Waals surface area (Å²) in [4.78, 5) is 1.11. The third kappa shape index (κ3) is 2.92. The second kappa shape index (κ2) is 4.18. The first-order valence-electron chi connectivity index (χ1n) is 4.29. The lowest BCUT2D eigenvalue weighted by molar-refractivity contribution is 0.228. The van der Waals surface area contributed by atoms with Gasteiger partial charge in [-0.15, -0.1) is 0 Å². The predicted molar refractivity (Wildman–Crippen MR) is 55.1 cm³/mol. The van der Waals surface area contributed by atoms with E-state index in [0.717, 1.165) is 10.4 Å². The van der Waals surface area contributed by atoms with E-state index in [-0.39, 0.29) is 5.75 Å². The molecule has 1 aromatic rings. The maximum atomic E-state index is 11.0. The minimum atomic E-state index is -4.12. The lowest BCUT2D eigenvalue weighted by Gasteiger charge is -2.11. The van der Waals surface area contributed by atoms with Gasteiger partial charge in [-0.05, 0) is 31.9 Å². The van der Waals surface area contributed by atoms with E-state index in [4.69, 9.17) is 5.21 Å². The molecule has 6 heteroatoms. The summed E-state index contributed by atoms with van der Waals surface area (Å²) in [7, 11) is -4.12. The maximum Gasteiger partial charge on any atom is 0.404 e. The van der Waals surface area contributed by atoms with Gasteiger partial charge in [-0.25, -0.2) is 0 Å². The fourth-order valence-electron chi connectivity index (χ4n) is 1.43. The van der Waals surface area contributed by atoms with Crippen molar-refractivity contribution in [3.05, 3.63) is 28.8 Å². The van der Waals surface area contributed by atoms with Crippen LogP contribution in [0, 0.1) is 20.8 Å². The van der Waals surface area contributed by atoms with Gasteiger partial charge in [0.05, 0.1) is 0 Å². The standard InChI is InChI=1S/C9H13NO4S/c1-6-4-7(2)9(8(3)5-6)14-15(12,13)10-11/h4-5,10-11H,1-3H3. The lowest BCUT2D eigenvalue weighted by Crippen LogP contribution is -2.25. The number of hydrogen-bond donors (Lipinski definition) is 2. The van der Waals surface area contributed by atoms with Gasteiger partial charge >= 0.3 is 10.3 Å². The summed E-state index contributed by atoms with van der Waals surface area (Å²) in [6.07, 6.45) is 0. The molecule has 0 aliphatic heterocycles. The van der Waals surface area contributed by atoms with Crippen molar-refractivity contribution in [2.75, 3.05) is 0 Å². The largest absolute Gasteiger partial charge is 0.404 e. The molecule has 1 aromatic carbocycles. The minimum absolute atomic E-state index is 0.238. The van der Waals surface area contributed by atoms with Gasteiger partial charge in [0.25, 0.3) is 0 Å². The highest BCUT2D eigenvalue weighted by atomic mass is 32.2. The molecule has 0 saturated carbocycles. The van der Waals surface area contributed by atoms with E-state index in [2.05, 4.69) is 4.18 Å². The summed E-state index contributed by atoms with van der Waals surface area (Å²) in [5.41, 5.74) is 2.42. The number of hydrogen-bond acceptors (Lipinski definition) is 4. The first kappa shape index (κ1) is 12.0. The van der Waals surface area contributed by atoms with Crippen LogP contribution >= 0.6 is 0 Å². The van der Waals surface area contributed by atoms with Crippen molar-refractivity contribution in [2.24, 2.45) is 0 Å². The van der Waals surface area contributed by atoms with E-state index in [1.165, 1.54) is 0 Å². The highest BCUT2D eigenvalue weighted by molar-refractivity contribution is 7.84. The van der Waals surface area contributed by atoms with Crippen molar-refractivity contribution in [1.29, 1.82) is 0 Å². The summed E-state index contributed by atoms with van der Waals surface area (Å²) in [6, 6.07) is 3.60. The Kier molecular flexibility index (Phi) is 3.33. The summed E-state index contributed by atoms with van der Waals surface area (Å²) < 4.78 is 26.6. The second-order valence-corrected chi connectivity index (χ2v) is 4.61. The zero-order valence-electron chi connectivity index (χ0n) is 8.73. The molecule has 0 aromatic heterocycles. The molecule has 2 N–H and O–H groups in total. The highest BCUT2D eigenvalue weighted by Gasteiger charge is 2.14. The summed E-state index contributed by atoms with van der Waals surface area (Å²) in [5, 5.41) is 8.33. The molecule has 15 heavy (non-hydrogen) atoms. The first-order chi connectivity index (χ1) is 6.85. The molecule has 0 heterocycles. The molecule has 0 radical (unpaired) electrons. The van der Waals surface area contributed by atoms with Crippen LogP contribution in [0.3, 0.4) is 0 Å². The van der Waals surface area contributed by atoms with Crippen molar-refractivity contribution in [1.82, 2.24) is 4.89 Å². The van der Waals surface area contributed by atoms with Crippen LogP contribution in [0.1, 0.15) is 16.7 Å². The van der Waals surface area contributed by atoms with Gasteiger partial charge in [0, 0.05) is 0 Å². The molecule has 1 rings (SSSR count).